The quantitative estimate of drug-likeness (QED) is 0.427. The molecule has 5 heteroatoms. The Bertz CT molecular complexity index is 1140. The van der Waals surface area contributed by atoms with Crippen molar-refractivity contribution in [2.24, 2.45) is 0 Å². The Labute approximate surface area is 179 Å². The number of hydrogen-bond acceptors (Lipinski definition) is 3. The number of fused-ring (bicyclic) bond motifs is 3. The molecule has 1 aliphatic rings. The molecule has 1 aromatic heterocycles. The summed E-state index contributed by atoms with van der Waals surface area (Å²) in [4.78, 5) is 4.82. The normalized spacial score (nSPS) is 13.4. The standard InChI is InChI=1S/C24H19NO2Si.Al/c1-27-17-15-20(26)23-22(16-17)28(18-9-4-2-5-10-18,19-11-6-3-7-12-19)21-13-8-14-25-24(21)23;/h2-16,26H,1H3;/q;+1/p-1. The third-order valence-electron chi connectivity index (χ3n) is 5.70. The van der Waals surface area contributed by atoms with Crippen LogP contribution in [0.1, 0.15) is 0 Å². The average Bonchev–Trinajstić information content (AvgIpc) is 3.10. The number of benzene rings is 3. The molecule has 3 aromatic carbocycles. The highest BCUT2D eigenvalue weighted by Gasteiger charge is 2.50. The molecule has 3 nitrogen and oxygen atoms in total. The van der Waals surface area contributed by atoms with Crippen LogP contribution < -0.4 is 29.3 Å². The van der Waals surface area contributed by atoms with Crippen molar-refractivity contribution in [2.45, 2.75) is 0 Å². The number of aromatic nitrogens is 1. The molecule has 0 saturated carbocycles. The number of hydrogen-bond donors (Lipinski definition) is 0. The summed E-state index contributed by atoms with van der Waals surface area (Å²) in [6, 6.07) is 30.0. The lowest BCUT2D eigenvalue weighted by atomic mass is 10.1. The summed E-state index contributed by atoms with van der Waals surface area (Å²) >= 11 is 2.38. The predicted molar refractivity (Wildman–Crippen MR) is 120 cm³/mol. The van der Waals surface area contributed by atoms with E-state index in [0.717, 1.165) is 22.8 Å². The van der Waals surface area contributed by atoms with E-state index in [1.54, 1.807) is 7.11 Å². The van der Waals surface area contributed by atoms with Crippen molar-refractivity contribution in [2.75, 3.05) is 7.11 Å². The van der Waals surface area contributed by atoms with E-state index in [-0.39, 0.29) is 0 Å². The van der Waals surface area contributed by atoms with Gasteiger partial charge in [-0.3, -0.25) is 4.98 Å². The number of rotatable bonds is 4. The van der Waals surface area contributed by atoms with Crippen molar-refractivity contribution in [3.05, 3.63) is 91.1 Å². The first-order valence-electron chi connectivity index (χ1n) is 9.47. The van der Waals surface area contributed by atoms with Crippen LogP contribution in [0.3, 0.4) is 0 Å². The van der Waals surface area contributed by atoms with E-state index in [2.05, 4.69) is 89.4 Å². The van der Waals surface area contributed by atoms with Gasteiger partial charge in [-0.2, -0.15) is 0 Å². The monoisotopic (exact) mass is 407 g/mol. The molecule has 138 valence electrons. The molecule has 0 fully saturated rings. The van der Waals surface area contributed by atoms with Crippen LogP contribution in [0.25, 0.3) is 11.3 Å². The number of nitrogens with zero attached hydrogens (tertiary/aromatic N) is 1. The molecule has 0 bridgehead atoms. The lowest BCUT2D eigenvalue weighted by Crippen LogP contribution is -2.72. The first kappa shape index (κ1) is 18.2. The van der Waals surface area contributed by atoms with Gasteiger partial charge < -0.3 is 8.53 Å². The molecular weight excluding hydrogens is 389 g/mol. The molecular formula is C24H18AlNO2Si. The Morgan fingerprint density at radius 3 is 2.03 bits per heavy atom. The van der Waals surface area contributed by atoms with Gasteiger partial charge in [0, 0.05) is 17.8 Å². The molecule has 29 heavy (non-hydrogen) atoms. The smallest absolute Gasteiger partial charge is 0.482 e. The Hall–Kier alpha value is -2.84. The van der Waals surface area contributed by atoms with Crippen LogP contribution >= 0.6 is 0 Å². The van der Waals surface area contributed by atoms with E-state index in [4.69, 9.17) is 13.5 Å². The van der Waals surface area contributed by atoms with Crippen molar-refractivity contribution >= 4 is 45.4 Å². The zero-order chi connectivity index (χ0) is 19.8. The maximum Gasteiger partial charge on any atom is 0.482 e. The molecule has 0 amide bonds. The van der Waals surface area contributed by atoms with Gasteiger partial charge in [0.2, 0.25) is 0 Å². The molecule has 0 unspecified atom stereocenters. The second-order valence-corrected chi connectivity index (χ2v) is 11.0. The number of methoxy groups -OCH3 is 1. The summed E-state index contributed by atoms with van der Waals surface area (Å²) in [5, 5.41) is 5.17. The molecule has 2 heterocycles. The predicted octanol–water partition coefficient (Wildman–Crippen LogP) is 1.91. The van der Waals surface area contributed by atoms with Gasteiger partial charge in [-0.05, 0) is 32.9 Å². The molecule has 0 spiro atoms. The molecule has 0 aliphatic carbocycles. The van der Waals surface area contributed by atoms with Gasteiger partial charge in [-0.15, -0.1) is 0 Å². The largest absolute Gasteiger partial charge is 0.653 e. The first-order chi connectivity index (χ1) is 14.3. The van der Waals surface area contributed by atoms with E-state index < -0.39 is 8.07 Å². The maximum atomic E-state index is 5.74. The van der Waals surface area contributed by atoms with Gasteiger partial charge in [-0.1, -0.05) is 66.7 Å². The zero-order valence-electron chi connectivity index (χ0n) is 16.0. The summed E-state index contributed by atoms with van der Waals surface area (Å²) in [7, 11) is -0.856. The average molecular weight is 407 g/mol. The minimum Gasteiger partial charge on any atom is -0.653 e. The van der Waals surface area contributed by atoms with Gasteiger partial charge in [-0.25, -0.2) is 0 Å². The number of pyridine rings is 1. The van der Waals surface area contributed by atoms with E-state index in [1.165, 1.54) is 20.7 Å². The number of ether oxygens (including phenoxy) is 1. The molecule has 0 N–H and O–H groups in total. The molecule has 4 aromatic rings. The highest BCUT2D eigenvalue weighted by molar-refractivity contribution is 7.22. The van der Waals surface area contributed by atoms with Crippen LogP contribution in [0.4, 0.5) is 0 Å². The van der Waals surface area contributed by atoms with Crippen molar-refractivity contribution in [1.82, 2.24) is 4.98 Å². The van der Waals surface area contributed by atoms with Crippen molar-refractivity contribution in [1.29, 1.82) is 0 Å². The summed E-state index contributed by atoms with van der Waals surface area (Å²) < 4.78 is 11.4. The van der Waals surface area contributed by atoms with Crippen LogP contribution in [0.2, 0.25) is 0 Å². The first-order valence-corrected chi connectivity index (χ1v) is 11.9. The second-order valence-electron chi connectivity index (χ2n) is 7.05. The molecule has 1 aliphatic heterocycles. The van der Waals surface area contributed by atoms with Crippen LogP contribution in [0, 0.1) is 0 Å². The van der Waals surface area contributed by atoms with Crippen molar-refractivity contribution in [3.63, 3.8) is 0 Å². The van der Waals surface area contributed by atoms with Gasteiger partial charge in [0.15, 0.2) is 8.07 Å². The molecule has 2 radical (unpaired) electrons. The third-order valence-corrected chi connectivity index (χ3v) is 10.8. The topological polar surface area (TPSA) is 31.4 Å². The fourth-order valence-electron chi connectivity index (χ4n) is 4.56. The van der Waals surface area contributed by atoms with E-state index >= 15 is 0 Å². The zero-order valence-corrected chi connectivity index (χ0v) is 18.2. The molecule has 0 atom stereocenters. The SMILES string of the molecule is COc1cc([O][Al])c2c(c1)[Si](c1ccccc1)(c1ccccc1)c1cccnc1-2. The summed E-state index contributed by atoms with van der Waals surface area (Å²) in [5.74, 6) is 1.56. The van der Waals surface area contributed by atoms with Crippen LogP contribution in [-0.4, -0.2) is 36.8 Å². The van der Waals surface area contributed by atoms with Crippen molar-refractivity contribution in [3.8, 4) is 22.8 Å². The minimum atomic E-state index is -2.55. The van der Waals surface area contributed by atoms with Crippen LogP contribution in [-0.2, 0) is 0 Å². The Morgan fingerprint density at radius 1 is 0.793 bits per heavy atom. The summed E-state index contributed by atoms with van der Waals surface area (Å²) in [5.41, 5.74) is 2.07. The summed E-state index contributed by atoms with van der Waals surface area (Å²) in [6.45, 7) is 0. The molecule has 0 saturated heterocycles. The Morgan fingerprint density at radius 2 is 1.45 bits per heavy atom. The van der Waals surface area contributed by atoms with Crippen LogP contribution in [0.15, 0.2) is 91.1 Å². The van der Waals surface area contributed by atoms with Crippen LogP contribution in [0.5, 0.6) is 11.5 Å². The van der Waals surface area contributed by atoms with Gasteiger partial charge in [0.25, 0.3) is 0 Å². The Balaban J connectivity index is 2.00. The van der Waals surface area contributed by atoms with E-state index in [1.807, 2.05) is 18.3 Å². The second kappa shape index (κ2) is 7.20. The van der Waals surface area contributed by atoms with E-state index in [9.17, 15) is 0 Å². The Kier molecular flexibility index (Phi) is 4.52. The lowest BCUT2D eigenvalue weighted by Gasteiger charge is -2.31. The fraction of sp³-hybridized carbons (Fsp3) is 0.0417. The van der Waals surface area contributed by atoms with Crippen molar-refractivity contribution < 1.29 is 8.53 Å². The highest BCUT2D eigenvalue weighted by Crippen LogP contribution is 2.36. The lowest BCUT2D eigenvalue weighted by molar-refractivity contribution is 0.413. The van der Waals surface area contributed by atoms with Gasteiger partial charge >= 0.3 is 16.6 Å². The fourth-order valence-corrected chi connectivity index (χ4v) is 9.86. The van der Waals surface area contributed by atoms with Gasteiger partial charge in [0.05, 0.1) is 18.6 Å². The van der Waals surface area contributed by atoms with E-state index in [0.29, 0.717) is 0 Å². The summed E-state index contributed by atoms with van der Waals surface area (Å²) in [6.07, 6.45) is 1.86. The maximum absolute atomic E-state index is 5.74. The highest BCUT2D eigenvalue weighted by atomic mass is 28.3. The van der Waals surface area contributed by atoms with Gasteiger partial charge in [0.1, 0.15) is 5.75 Å². The third kappa shape index (κ3) is 2.59. The minimum absolute atomic E-state index is 0.769. The molecule has 5 rings (SSSR count).